The molecule has 0 unspecified atom stereocenters. The molecular formula is C40H49N3O8. The van der Waals surface area contributed by atoms with Crippen molar-refractivity contribution in [3.05, 3.63) is 96.1 Å². The molecule has 4 heterocycles. The summed E-state index contributed by atoms with van der Waals surface area (Å²) in [6.45, 7) is 2.63. The molecule has 11 heteroatoms. The van der Waals surface area contributed by atoms with Crippen LogP contribution in [0.25, 0.3) is 0 Å². The number of aliphatic hydroxyl groups is 1. The third-order valence-electron chi connectivity index (χ3n) is 10.5. The van der Waals surface area contributed by atoms with Crippen molar-refractivity contribution in [2.75, 3.05) is 33.4 Å². The van der Waals surface area contributed by atoms with Gasteiger partial charge in [-0.3, -0.25) is 19.2 Å². The minimum Gasteiger partial charge on any atom is -0.455 e. The summed E-state index contributed by atoms with van der Waals surface area (Å²) in [4.78, 5) is 60.7. The molecule has 0 aliphatic carbocycles. The van der Waals surface area contributed by atoms with Crippen LogP contribution in [0.15, 0.2) is 85.0 Å². The lowest BCUT2D eigenvalue weighted by molar-refractivity contribution is -0.163. The fraction of sp³-hybridized carbons (Fsp3) is 0.500. The summed E-state index contributed by atoms with van der Waals surface area (Å²) >= 11 is 0. The van der Waals surface area contributed by atoms with Gasteiger partial charge in [-0.25, -0.2) is 0 Å². The first-order valence-electron chi connectivity index (χ1n) is 18.1. The van der Waals surface area contributed by atoms with Crippen LogP contribution in [0.5, 0.6) is 0 Å². The second-order valence-corrected chi connectivity index (χ2v) is 13.9. The van der Waals surface area contributed by atoms with E-state index in [1.807, 2.05) is 66.7 Å². The fourth-order valence-electron chi connectivity index (χ4n) is 8.16. The summed E-state index contributed by atoms with van der Waals surface area (Å²) in [5.41, 5.74) is 0.0495. The summed E-state index contributed by atoms with van der Waals surface area (Å²) in [7, 11) is 1.51. The van der Waals surface area contributed by atoms with Gasteiger partial charge in [-0.1, -0.05) is 105 Å². The number of nitrogens with zero attached hydrogens (tertiary/aromatic N) is 2. The van der Waals surface area contributed by atoms with Crippen molar-refractivity contribution in [2.24, 2.45) is 11.8 Å². The Morgan fingerprint density at radius 1 is 1.00 bits per heavy atom. The molecule has 4 aliphatic heterocycles. The number of ether oxygens (including phenoxy) is 3. The van der Waals surface area contributed by atoms with Crippen LogP contribution in [0.2, 0.25) is 0 Å². The average molecular weight is 700 g/mol. The van der Waals surface area contributed by atoms with Gasteiger partial charge in [-0.2, -0.15) is 0 Å². The van der Waals surface area contributed by atoms with Crippen LogP contribution in [0.4, 0.5) is 0 Å². The molecule has 1 spiro atoms. The highest BCUT2D eigenvalue weighted by atomic mass is 16.6. The smallest absolute Gasteiger partial charge is 0.313 e. The van der Waals surface area contributed by atoms with Gasteiger partial charge < -0.3 is 34.4 Å². The van der Waals surface area contributed by atoms with Crippen LogP contribution in [0, 0.1) is 11.8 Å². The normalized spacial score (nSPS) is 30.6. The van der Waals surface area contributed by atoms with Crippen molar-refractivity contribution in [2.45, 2.75) is 81.4 Å². The van der Waals surface area contributed by atoms with Crippen LogP contribution in [-0.2, 0) is 39.8 Å². The lowest BCUT2D eigenvalue weighted by Crippen LogP contribution is -2.58. The van der Waals surface area contributed by atoms with Crippen LogP contribution < -0.4 is 5.32 Å². The zero-order valence-corrected chi connectivity index (χ0v) is 29.4. The summed E-state index contributed by atoms with van der Waals surface area (Å²) in [5, 5.41) is 13.8. The Bertz CT molecular complexity index is 1600. The quantitative estimate of drug-likeness (QED) is 0.207. The van der Waals surface area contributed by atoms with E-state index in [0.717, 1.165) is 24.8 Å². The molecule has 2 aromatic rings. The summed E-state index contributed by atoms with van der Waals surface area (Å²) in [6, 6.07) is 16.1. The minimum atomic E-state index is -1.50. The number of hydrogen-bond acceptors (Lipinski definition) is 8. The van der Waals surface area contributed by atoms with Gasteiger partial charge in [0.2, 0.25) is 17.7 Å². The maximum Gasteiger partial charge on any atom is 0.313 e. The average Bonchev–Trinajstić information content (AvgIpc) is 3.53. The van der Waals surface area contributed by atoms with Gasteiger partial charge in [0.15, 0.2) is 0 Å². The van der Waals surface area contributed by atoms with Gasteiger partial charge >= 0.3 is 5.97 Å². The lowest BCUT2D eigenvalue weighted by Gasteiger charge is -2.38. The molecule has 3 amide bonds. The third-order valence-corrected chi connectivity index (χ3v) is 10.5. The molecule has 2 saturated heterocycles. The number of methoxy groups -OCH3 is 1. The molecule has 272 valence electrons. The van der Waals surface area contributed by atoms with Crippen molar-refractivity contribution in [3.8, 4) is 0 Å². The molecule has 0 bridgehead atoms. The number of benzene rings is 2. The number of esters is 1. The number of aliphatic hydroxyl groups excluding tert-OH is 1. The lowest BCUT2D eigenvalue weighted by atomic mass is 9.77. The third kappa shape index (κ3) is 7.38. The topological polar surface area (TPSA) is 135 Å². The SMILES string of the molecule is CCCCCN1CC=C[C@]23O[C@@H]4/C=C\CCC(=O)N[C@H](COC)[C@@H](c5ccccc5)OC(=O)[C@@H]4[C@H]2C(=O)N([C@@H](CO)Cc2ccccc2)[C@@H]3C1=O. The Morgan fingerprint density at radius 2 is 1.75 bits per heavy atom. The summed E-state index contributed by atoms with van der Waals surface area (Å²) in [5.74, 6) is -3.85. The Kier molecular flexibility index (Phi) is 11.7. The number of nitrogens with one attached hydrogen (secondary N) is 1. The monoisotopic (exact) mass is 699 g/mol. The highest BCUT2D eigenvalue weighted by Crippen LogP contribution is 2.54. The van der Waals surface area contributed by atoms with E-state index in [9.17, 15) is 19.5 Å². The molecule has 6 rings (SSSR count). The van der Waals surface area contributed by atoms with E-state index >= 15 is 4.79 Å². The number of amides is 3. The fourth-order valence-corrected chi connectivity index (χ4v) is 8.16. The van der Waals surface area contributed by atoms with Gasteiger partial charge in [0.25, 0.3) is 0 Å². The molecule has 0 radical (unpaired) electrons. The number of allylic oxidation sites excluding steroid dienone is 1. The summed E-state index contributed by atoms with van der Waals surface area (Å²) < 4.78 is 18.7. The first kappa shape index (κ1) is 36.5. The molecular weight excluding hydrogens is 650 g/mol. The number of rotatable bonds is 11. The van der Waals surface area contributed by atoms with E-state index in [4.69, 9.17) is 14.2 Å². The van der Waals surface area contributed by atoms with Crippen LogP contribution in [-0.4, -0.2) is 102 Å². The highest BCUT2D eigenvalue weighted by Gasteiger charge is 2.72. The van der Waals surface area contributed by atoms with E-state index in [0.29, 0.717) is 31.5 Å². The first-order valence-corrected chi connectivity index (χ1v) is 18.1. The van der Waals surface area contributed by atoms with E-state index in [1.54, 1.807) is 23.1 Å². The Hall–Kier alpha value is -4.32. The molecule has 8 atom stereocenters. The van der Waals surface area contributed by atoms with Gasteiger partial charge in [0.1, 0.15) is 23.7 Å². The zero-order valence-electron chi connectivity index (χ0n) is 29.4. The van der Waals surface area contributed by atoms with Gasteiger partial charge in [-0.05, 0) is 30.4 Å². The number of cyclic esters (lactones) is 1. The van der Waals surface area contributed by atoms with Crippen LogP contribution in [0.3, 0.4) is 0 Å². The molecule has 4 aliphatic rings. The second-order valence-electron chi connectivity index (χ2n) is 13.9. The highest BCUT2D eigenvalue weighted by molar-refractivity contribution is 5.99. The zero-order chi connectivity index (χ0) is 36.0. The van der Waals surface area contributed by atoms with Crippen molar-refractivity contribution < 1.29 is 38.5 Å². The molecule has 11 nitrogen and oxygen atoms in total. The first-order chi connectivity index (χ1) is 24.8. The second kappa shape index (κ2) is 16.4. The van der Waals surface area contributed by atoms with Crippen molar-refractivity contribution in [1.82, 2.24) is 15.1 Å². The number of carbonyl (C=O) groups is 4. The van der Waals surface area contributed by atoms with Gasteiger partial charge in [0.05, 0.1) is 37.3 Å². The molecule has 51 heavy (non-hydrogen) atoms. The van der Waals surface area contributed by atoms with Crippen molar-refractivity contribution in [3.63, 3.8) is 0 Å². The van der Waals surface area contributed by atoms with E-state index in [-0.39, 0.29) is 31.4 Å². The standard InChI is InChI=1S/C40H49N3O8/c1-3-4-13-22-42-23-14-21-40-34(37(46)43(36(40)38(42)47)29(25-44)24-27-15-7-5-8-16-27)33-31(51-40)19-11-12-20-32(45)41-30(26-49-2)35(50-39(33)48)28-17-9-6-10-18-28/h5-11,14-19,21,29-31,33-36,44H,3-4,12-13,20,22-26H2,1-2H3,(H,41,45)/b19-11-/t29-,30-,31-,33+,34+,35-,36-,40+/m1/s1. The molecule has 0 aromatic heterocycles. The largest absolute Gasteiger partial charge is 0.455 e. The molecule has 2 N–H and O–H groups in total. The van der Waals surface area contributed by atoms with Crippen molar-refractivity contribution in [1.29, 1.82) is 0 Å². The molecule has 2 aromatic carbocycles. The van der Waals surface area contributed by atoms with E-state index in [2.05, 4.69) is 12.2 Å². The number of unbranched alkanes of at least 4 members (excludes halogenated alkanes) is 2. The number of hydrogen-bond donors (Lipinski definition) is 2. The van der Waals surface area contributed by atoms with Gasteiger partial charge in [0, 0.05) is 26.6 Å². The Balaban J connectivity index is 1.45. The molecule has 2 fully saturated rings. The van der Waals surface area contributed by atoms with Crippen LogP contribution in [0.1, 0.15) is 56.3 Å². The predicted octanol–water partition coefficient (Wildman–Crippen LogP) is 3.53. The maximum absolute atomic E-state index is 15.0. The predicted molar refractivity (Wildman–Crippen MR) is 189 cm³/mol. The minimum absolute atomic E-state index is 0.0733. The Labute approximate surface area is 299 Å². The van der Waals surface area contributed by atoms with E-state index < -0.39 is 59.6 Å². The maximum atomic E-state index is 15.0. The Morgan fingerprint density at radius 3 is 2.45 bits per heavy atom. The number of fused-ring (bicyclic) bond motifs is 2. The number of carbonyl (C=O) groups excluding carboxylic acids is 4. The summed E-state index contributed by atoms with van der Waals surface area (Å²) in [6.07, 6.45) is 8.91. The van der Waals surface area contributed by atoms with Crippen molar-refractivity contribution >= 4 is 23.7 Å². The molecule has 0 saturated carbocycles. The van der Waals surface area contributed by atoms with Crippen LogP contribution >= 0.6 is 0 Å². The number of likely N-dealkylation sites (tertiary alicyclic amines) is 1. The van der Waals surface area contributed by atoms with E-state index in [1.165, 1.54) is 12.0 Å². The van der Waals surface area contributed by atoms with Gasteiger partial charge in [-0.15, -0.1) is 0 Å².